The fraction of sp³-hybridized carbons (Fsp3) is 0.500. The lowest BCUT2D eigenvalue weighted by Crippen LogP contribution is -2.40. The number of anilines is 1. The van der Waals surface area contributed by atoms with Crippen LogP contribution in [0.3, 0.4) is 0 Å². The first-order valence-electron chi connectivity index (χ1n) is 7.58. The lowest BCUT2D eigenvalue weighted by molar-refractivity contribution is -0.127. The number of rotatable bonds is 5. The first-order chi connectivity index (χ1) is 11.1. The predicted octanol–water partition coefficient (Wildman–Crippen LogP) is 0.919. The van der Waals surface area contributed by atoms with E-state index in [1.54, 1.807) is 30.2 Å². The van der Waals surface area contributed by atoms with Gasteiger partial charge in [0.2, 0.25) is 18.6 Å². The van der Waals surface area contributed by atoms with E-state index < -0.39 is 0 Å². The maximum absolute atomic E-state index is 12.3. The van der Waals surface area contributed by atoms with Crippen LogP contribution in [0, 0.1) is 5.92 Å². The van der Waals surface area contributed by atoms with Gasteiger partial charge in [-0.15, -0.1) is 0 Å². The molecule has 23 heavy (non-hydrogen) atoms. The Balaban J connectivity index is 1.66. The van der Waals surface area contributed by atoms with Crippen LogP contribution in [-0.4, -0.2) is 44.9 Å². The zero-order valence-corrected chi connectivity index (χ0v) is 13.2. The van der Waals surface area contributed by atoms with Gasteiger partial charge in [-0.05, 0) is 19.1 Å². The second kappa shape index (κ2) is 6.45. The summed E-state index contributed by atoms with van der Waals surface area (Å²) in [4.78, 5) is 26.1. The van der Waals surface area contributed by atoms with Gasteiger partial charge in [0.1, 0.15) is 0 Å². The Labute approximate surface area is 134 Å². The Bertz CT molecular complexity index is 618. The van der Waals surface area contributed by atoms with Crippen LogP contribution in [0.25, 0.3) is 0 Å². The molecule has 1 fully saturated rings. The Hall–Kier alpha value is -2.28. The van der Waals surface area contributed by atoms with Crippen molar-refractivity contribution >= 4 is 17.5 Å². The SMILES string of the molecule is COC[C@@H](C)NC(=O)[C@@H]1CC(=O)N(c2ccc3c(c2)OCO3)C1. The molecule has 2 atom stereocenters. The number of hydrogen-bond donors (Lipinski definition) is 1. The summed E-state index contributed by atoms with van der Waals surface area (Å²) >= 11 is 0. The molecule has 0 bridgehead atoms. The fourth-order valence-corrected chi connectivity index (χ4v) is 2.84. The molecule has 0 spiro atoms. The fourth-order valence-electron chi connectivity index (χ4n) is 2.84. The Kier molecular flexibility index (Phi) is 4.38. The summed E-state index contributed by atoms with van der Waals surface area (Å²) in [5.74, 6) is 0.752. The number of amides is 2. The van der Waals surface area contributed by atoms with Crippen molar-refractivity contribution in [2.75, 3.05) is 32.0 Å². The lowest BCUT2D eigenvalue weighted by Gasteiger charge is -2.18. The van der Waals surface area contributed by atoms with E-state index in [2.05, 4.69) is 5.32 Å². The number of methoxy groups -OCH3 is 1. The molecule has 1 saturated heterocycles. The number of ether oxygens (including phenoxy) is 3. The van der Waals surface area contributed by atoms with E-state index in [0.717, 1.165) is 5.69 Å². The van der Waals surface area contributed by atoms with Crippen molar-refractivity contribution in [3.05, 3.63) is 18.2 Å². The first-order valence-corrected chi connectivity index (χ1v) is 7.58. The van der Waals surface area contributed by atoms with Crippen LogP contribution in [0.2, 0.25) is 0 Å². The van der Waals surface area contributed by atoms with Crippen molar-refractivity contribution < 1.29 is 23.8 Å². The number of benzene rings is 1. The van der Waals surface area contributed by atoms with Gasteiger partial charge >= 0.3 is 0 Å². The molecular formula is C16H20N2O5. The monoisotopic (exact) mass is 320 g/mol. The third kappa shape index (κ3) is 3.24. The molecule has 0 unspecified atom stereocenters. The Morgan fingerprint density at radius 3 is 3.00 bits per heavy atom. The van der Waals surface area contributed by atoms with E-state index in [0.29, 0.717) is 24.7 Å². The highest BCUT2D eigenvalue weighted by Gasteiger charge is 2.36. The minimum absolute atomic E-state index is 0.0663. The van der Waals surface area contributed by atoms with Gasteiger partial charge in [-0.25, -0.2) is 0 Å². The van der Waals surface area contributed by atoms with Gasteiger partial charge in [0, 0.05) is 37.9 Å². The number of nitrogens with one attached hydrogen (secondary N) is 1. The highest BCUT2D eigenvalue weighted by atomic mass is 16.7. The number of hydrogen-bond acceptors (Lipinski definition) is 5. The van der Waals surface area contributed by atoms with E-state index in [9.17, 15) is 9.59 Å². The predicted molar refractivity (Wildman–Crippen MR) is 82.5 cm³/mol. The second-order valence-corrected chi connectivity index (χ2v) is 5.81. The van der Waals surface area contributed by atoms with E-state index in [1.807, 2.05) is 6.92 Å². The molecule has 7 nitrogen and oxygen atoms in total. The number of fused-ring (bicyclic) bond motifs is 1. The van der Waals surface area contributed by atoms with Crippen LogP contribution < -0.4 is 19.7 Å². The van der Waals surface area contributed by atoms with Crippen molar-refractivity contribution in [1.29, 1.82) is 0 Å². The zero-order valence-electron chi connectivity index (χ0n) is 13.2. The highest BCUT2D eigenvalue weighted by Crippen LogP contribution is 2.37. The summed E-state index contributed by atoms with van der Waals surface area (Å²) in [7, 11) is 1.59. The molecule has 2 amide bonds. The number of carbonyl (C=O) groups excluding carboxylic acids is 2. The van der Waals surface area contributed by atoms with Gasteiger partial charge in [-0.2, -0.15) is 0 Å². The largest absolute Gasteiger partial charge is 0.454 e. The first kappa shape index (κ1) is 15.6. The van der Waals surface area contributed by atoms with Crippen LogP contribution >= 0.6 is 0 Å². The van der Waals surface area contributed by atoms with Gasteiger partial charge in [0.15, 0.2) is 11.5 Å². The molecule has 124 valence electrons. The minimum Gasteiger partial charge on any atom is -0.454 e. The molecule has 0 radical (unpaired) electrons. The smallest absolute Gasteiger partial charge is 0.231 e. The van der Waals surface area contributed by atoms with Crippen molar-refractivity contribution in [2.45, 2.75) is 19.4 Å². The van der Waals surface area contributed by atoms with Crippen LogP contribution in [0.1, 0.15) is 13.3 Å². The van der Waals surface area contributed by atoms with Gasteiger partial charge in [0.25, 0.3) is 0 Å². The Morgan fingerprint density at radius 2 is 2.22 bits per heavy atom. The third-order valence-electron chi connectivity index (χ3n) is 3.97. The lowest BCUT2D eigenvalue weighted by atomic mass is 10.1. The van der Waals surface area contributed by atoms with Crippen molar-refractivity contribution in [3.8, 4) is 11.5 Å². The van der Waals surface area contributed by atoms with Crippen LogP contribution in [0.15, 0.2) is 18.2 Å². The van der Waals surface area contributed by atoms with E-state index in [-0.39, 0.29) is 37.0 Å². The summed E-state index contributed by atoms with van der Waals surface area (Å²) in [6.07, 6.45) is 0.208. The minimum atomic E-state index is -0.354. The molecule has 2 aliphatic heterocycles. The molecule has 2 heterocycles. The highest BCUT2D eigenvalue weighted by molar-refractivity contribution is 6.00. The van der Waals surface area contributed by atoms with Crippen LogP contribution in [-0.2, 0) is 14.3 Å². The van der Waals surface area contributed by atoms with Gasteiger partial charge in [-0.3, -0.25) is 9.59 Å². The summed E-state index contributed by atoms with van der Waals surface area (Å²) < 4.78 is 15.6. The molecule has 1 aromatic carbocycles. The summed E-state index contributed by atoms with van der Waals surface area (Å²) in [5.41, 5.74) is 0.722. The van der Waals surface area contributed by atoms with Crippen molar-refractivity contribution in [3.63, 3.8) is 0 Å². The molecular weight excluding hydrogens is 300 g/mol. The molecule has 1 N–H and O–H groups in total. The average Bonchev–Trinajstić information content (AvgIpc) is 3.12. The van der Waals surface area contributed by atoms with Crippen LogP contribution in [0.4, 0.5) is 5.69 Å². The van der Waals surface area contributed by atoms with E-state index in [1.165, 1.54) is 0 Å². The summed E-state index contributed by atoms with van der Waals surface area (Å²) in [6, 6.07) is 5.27. The van der Waals surface area contributed by atoms with Gasteiger partial charge < -0.3 is 24.4 Å². The zero-order chi connectivity index (χ0) is 16.4. The van der Waals surface area contributed by atoms with Crippen molar-refractivity contribution in [2.24, 2.45) is 5.92 Å². The van der Waals surface area contributed by atoms with E-state index >= 15 is 0 Å². The molecule has 0 saturated carbocycles. The topological polar surface area (TPSA) is 77.1 Å². The van der Waals surface area contributed by atoms with E-state index in [4.69, 9.17) is 14.2 Å². The summed E-state index contributed by atoms with van der Waals surface area (Å²) in [5, 5.41) is 2.87. The molecule has 7 heteroatoms. The number of carbonyl (C=O) groups is 2. The quantitative estimate of drug-likeness (QED) is 0.873. The molecule has 0 aliphatic carbocycles. The summed E-state index contributed by atoms with van der Waals surface area (Å²) in [6.45, 7) is 2.87. The third-order valence-corrected chi connectivity index (χ3v) is 3.97. The average molecular weight is 320 g/mol. The van der Waals surface area contributed by atoms with Gasteiger partial charge in [-0.1, -0.05) is 0 Å². The Morgan fingerprint density at radius 1 is 1.43 bits per heavy atom. The maximum atomic E-state index is 12.3. The standard InChI is InChI=1S/C16H20N2O5/c1-10(8-21-2)17-16(20)11-5-15(19)18(7-11)12-3-4-13-14(6-12)23-9-22-13/h3-4,6,10-11H,5,7-9H2,1-2H3,(H,17,20)/t10-,11-/m1/s1. The molecule has 0 aromatic heterocycles. The van der Waals surface area contributed by atoms with Gasteiger partial charge in [0.05, 0.1) is 12.5 Å². The molecule has 1 aromatic rings. The van der Waals surface area contributed by atoms with Crippen molar-refractivity contribution in [1.82, 2.24) is 5.32 Å². The maximum Gasteiger partial charge on any atom is 0.231 e. The second-order valence-electron chi connectivity index (χ2n) is 5.81. The number of nitrogens with zero attached hydrogens (tertiary/aromatic N) is 1. The normalized spacial score (nSPS) is 20.7. The molecule has 2 aliphatic rings. The molecule has 3 rings (SSSR count). The van der Waals surface area contributed by atoms with Crippen LogP contribution in [0.5, 0.6) is 11.5 Å².